The molecule has 6 heteroatoms. The van der Waals surface area contributed by atoms with Gasteiger partial charge in [0.05, 0.1) is 0 Å². The molecular formula is C22H25N3O3. The van der Waals surface area contributed by atoms with Crippen molar-refractivity contribution in [2.45, 2.75) is 32.9 Å². The van der Waals surface area contributed by atoms with Gasteiger partial charge in [0, 0.05) is 30.9 Å². The highest BCUT2D eigenvalue weighted by molar-refractivity contribution is 5.82. The summed E-state index contributed by atoms with van der Waals surface area (Å²) in [6.45, 7) is 6.07. The van der Waals surface area contributed by atoms with Gasteiger partial charge in [0.2, 0.25) is 6.10 Å². The number of benzene rings is 1. The van der Waals surface area contributed by atoms with Crippen molar-refractivity contribution in [3.05, 3.63) is 54.4 Å². The number of amides is 1. The predicted octanol–water partition coefficient (Wildman–Crippen LogP) is 3.19. The zero-order chi connectivity index (χ0) is 19.5. The van der Waals surface area contributed by atoms with Gasteiger partial charge >= 0.3 is 0 Å². The van der Waals surface area contributed by atoms with Gasteiger partial charge in [0.15, 0.2) is 11.5 Å². The number of carbonyl (C=O) groups is 1. The molecule has 28 heavy (non-hydrogen) atoms. The van der Waals surface area contributed by atoms with Gasteiger partial charge < -0.3 is 19.4 Å². The Morgan fingerprint density at radius 2 is 2.07 bits per heavy atom. The van der Waals surface area contributed by atoms with Gasteiger partial charge in [-0.25, -0.2) is 4.98 Å². The number of pyridine rings is 1. The molecule has 146 valence electrons. The molecule has 1 amide bonds. The number of carbonyl (C=O) groups excluding carboxylic acids is 1. The number of rotatable bonds is 6. The van der Waals surface area contributed by atoms with Crippen molar-refractivity contribution >= 4 is 16.9 Å². The fourth-order valence-electron chi connectivity index (χ4n) is 3.51. The third-order valence-corrected chi connectivity index (χ3v) is 4.77. The molecule has 3 aromatic rings. The SMILES string of the molecule is CC(C)Cn1cc(CCNC(=O)[C@H]2COc3ccccc3O2)c2cccnc21. The molecule has 1 atom stereocenters. The average molecular weight is 379 g/mol. The van der Waals surface area contributed by atoms with Gasteiger partial charge in [0.1, 0.15) is 12.3 Å². The van der Waals surface area contributed by atoms with Crippen LogP contribution in [0, 0.1) is 5.92 Å². The summed E-state index contributed by atoms with van der Waals surface area (Å²) in [4.78, 5) is 17.0. The van der Waals surface area contributed by atoms with Crippen LogP contribution in [0.15, 0.2) is 48.8 Å². The molecule has 6 nitrogen and oxygen atoms in total. The third-order valence-electron chi connectivity index (χ3n) is 4.77. The highest BCUT2D eigenvalue weighted by atomic mass is 16.6. The minimum atomic E-state index is -0.626. The molecule has 0 aliphatic carbocycles. The van der Waals surface area contributed by atoms with E-state index in [9.17, 15) is 4.79 Å². The summed E-state index contributed by atoms with van der Waals surface area (Å²) in [5, 5.41) is 4.12. The molecule has 3 heterocycles. The summed E-state index contributed by atoms with van der Waals surface area (Å²) < 4.78 is 13.6. The highest BCUT2D eigenvalue weighted by Gasteiger charge is 2.26. The Bertz CT molecular complexity index is 980. The largest absolute Gasteiger partial charge is 0.485 e. The van der Waals surface area contributed by atoms with E-state index in [0.29, 0.717) is 24.0 Å². The molecule has 0 unspecified atom stereocenters. The quantitative estimate of drug-likeness (QED) is 0.714. The zero-order valence-corrected chi connectivity index (χ0v) is 16.2. The van der Waals surface area contributed by atoms with Gasteiger partial charge in [-0.3, -0.25) is 4.79 Å². The Morgan fingerprint density at radius 1 is 1.25 bits per heavy atom. The molecule has 1 aliphatic heterocycles. The summed E-state index contributed by atoms with van der Waals surface area (Å²) in [6, 6.07) is 11.4. The van der Waals surface area contributed by atoms with Gasteiger partial charge in [-0.2, -0.15) is 0 Å². The minimum Gasteiger partial charge on any atom is -0.485 e. The van der Waals surface area contributed by atoms with E-state index < -0.39 is 6.10 Å². The molecule has 0 spiro atoms. The van der Waals surface area contributed by atoms with Gasteiger partial charge in [0.25, 0.3) is 5.91 Å². The Kier molecular flexibility index (Phi) is 5.19. The fraction of sp³-hybridized carbons (Fsp3) is 0.364. The van der Waals surface area contributed by atoms with E-state index >= 15 is 0 Å². The Hall–Kier alpha value is -3.02. The Balaban J connectivity index is 1.38. The normalized spacial score (nSPS) is 15.8. The number of nitrogens with zero attached hydrogens (tertiary/aromatic N) is 2. The minimum absolute atomic E-state index is 0.154. The second-order valence-electron chi connectivity index (χ2n) is 7.48. The van der Waals surface area contributed by atoms with Crippen LogP contribution < -0.4 is 14.8 Å². The number of fused-ring (bicyclic) bond motifs is 2. The molecule has 1 aromatic carbocycles. The number of hydrogen-bond acceptors (Lipinski definition) is 4. The summed E-state index contributed by atoms with van der Waals surface area (Å²) in [6.07, 6.45) is 4.09. The van der Waals surface area contributed by atoms with Crippen molar-refractivity contribution in [1.29, 1.82) is 0 Å². The zero-order valence-electron chi connectivity index (χ0n) is 16.2. The van der Waals surface area contributed by atoms with Gasteiger partial charge in [-0.05, 0) is 42.2 Å². The number of aromatic nitrogens is 2. The van der Waals surface area contributed by atoms with Crippen molar-refractivity contribution < 1.29 is 14.3 Å². The maximum atomic E-state index is 12.5. The van der Waals surface area contributed by atoms with Gasteiger partial charge in [-0.15, -0.1) is 0 Å². The topological polar surface area (TPSA) is 65.4 Å². The first kappa shape index (κ1) is 18.3. The Morgan fingerprint density at radius 3 is 2.89 bits per heavy atom. The summed E-state index contributed by atoms with van der Waals surface area (Å²) in [5.41, 5.74) is 2.19. The first-order chi connectivity index (χ1) is 13.6. The molecule has 2 aromatic heterocycles. The van der Waals surface area contributed by atoms with E-state index in [-0.39, 0.29) is 12.5 Å². The van der Waals surface area contributed by atoms with Gasteiger partial charge in [-0.1, -0.05) is 26.0 Å². The number of para-hydroxylation sites is 2. The molecule has 0 saturated heterocycles. The van der Waals surface area contributed by atoms with Crippen LogP contribution in [0.1, 0.15) is 19.4 Å². The van der Waals surface area contributed by atoms with Crippen LogP contribution in [-0.2, 0) is 17.8 Å². The van der Waals surface area contributed by atoms with Crippen LogP contribution in [0.25, 0.3) is 11.0 Å². The van der Waals surface area contributed by atoms with Crippen LogP contribution in [0.4, 0.5) is 0 Å². The van der Waals surface area contributed by atoms with Crippen LogP contribution >= 0.6 is 0 Å². The van der Waals surface area contributed by atoms with E-state index in [1.54, 1.807) is 0 Å². The molecule has 0 bridgehead atoms. The number of hydrogen-bond donors (Lipinski definition) is 1. The second-order valence-corrected chi connectivity index (χ2v) is 7.48. The van der Waals surface area contributed by atoms with Crippen molar-refractivity contribution in [2.75, 3.05) is 13.2 Å². The van der Waals surface area contributed by atoms with Crippen LogP contribution in [0.2, 0.25) is 0 Å². The molecule has 0 saturated carbocycles. The Labute approximate surface area is 164 Å². The summed E-state index contributed by atoms with van der Waals surface area (Å²) in [5.74, 6) is 1.67. The lowest BCUT2D eigenvalue weighted by Crippen LogP contribution is -2.44. The summed E-state index contributed by atoms with van der Waals surface area (Å²) >= 11 is 0. The van der Waals surface area contributed by atoms with Crippen molar-refractivity contribution in [2.24, 2.45) is 5.92 Å². The van der Waals surface area contributed by atoms with Crippen LogP contribution in [0.5, 0.6) is 11.5 Å². The maximum absolute atomic E-state index is 12.5. The van der Waals surface area contributed by atoms with Crippen molar-refractivity contribution in [3.63, 3.8) is 0 Å². The first-order valence-electron chi connectivity index (χ1n) is 9.70. The highest BCUT2D eigenvalue weighted by Crippen LogP contribution is 2.30. The standard InChI is InChI=1S/C22H25N3O3/c1-15(2)12-25-13-16(17-6-5-10-23-21(17)25)9-11-24-22(26)20-14-27-18-7-3-4-8-19(18)28-20/h3-8,10,13,15,20H,9,11-12,14H2,1-2H3,(H,24,26)/t20-/m1/s1. The lowest BCUT2D eigenvalue weighted by Gasteiger charge is -2.25. The molecule has 0 fully saturated rings. The number of nitrogens with one attached hydrogen (secondary N) is 1. The van der Waals surface area contributed by atoms with Crippen LogP contribution in [-0.4, -0.2) is 34.7 Å². The lowest BCUT2D eigenvalue weighted by atomic mass is 10.1. The molecule has 4 rings (SSSR count). The fourth-order valence-corrected chi connectivity index (χ4v) is 3.51. The van der Waals surface area contributed by atoms with Crippen LogP contribution in [0.3, 0.4) is 0 Å². The maximum Gasteiger partial charge on any atom is 0.264 e. The predicted molar refractivity (Wildman–Crippen MR) is 108 cm³/mol. The molecule has 1 N–H and O–H groups in total. The summed E-state index contributed by atoms with van der Waals surface area (Å²) in [7, 11) is 0. The molecular weight excluding hydrogens is 354 g/mol. The van der Waals surface area contributed by atoms with E-state index in [0.717, 1.165) is 24.0 Å². The first-order valence-corrected chi connectivity index (χ1v) is 9.70. The molecule has 1 aliphatic rings. The third kappa shape index (κ3) is 3.81. The van der Waals surface area contributed by atoms with E-state index in [1.165, 1.54) is 5.56 Å². The average Bonchev–Trinajstić information content (AvgIpc) is 3.04. The van der Waals surface area contributed by atoms with Crippen molar-refractivity contribution in [3.8, 4) is 11.5 Å². The number of ether oxygens (including phenoxy) is 2. The monoisotopic (exact) mass is 379 g/mol. The van der Waals surface area contributed by atoms with E-state index in [2.05, 4.69) is 41.0 Å². The van der Waals surface area contributed by atoms with E-state index in [4.69, 9.17) is 9.47 Å². The van der Waals surface area contributed by atoms with Crippen molar-refractivity contribution in [1.82, 2.24) is 14.9 Å². The van der Waals surface area contributed by atoms with E-state index in [1.807, 2.05) is 36.5 Å². The lowest BCUT2D eigenvalue weighted by molar-refractivity contribution is -0.130. The second kappa shape index (κ2) is 7.92. The smallest absolute Gasteiger partial charge is 0.264 e. The molecule has 0 radical (unpaired) electrons.